The number of benzene rings is 1. The Labute approximate surface area is 141 Å². The lowest BCUT2D eigenvalue weighted by atomic mass is 9.89. The molecule has 3 amide bonds. The molecule has 0 aliphatic carbocycles. The third-order valence-electron chi connectivity index (χ3n) is 3.93. The quantitative estimate of drug-likeness (QED) is 0.591. The molecule has 2 unspecified atom stereocenters. The molecule has 0 aromatic heterocycles. The third kappa shape index (κ3) is 6.00. The van der Waals surface area contributed by atoms with Crippen LogP contribution in [0.4, 0.5) is 11.4 Å². The Bertz CT molecular complexity index is 614. The maximum Gasteiger partial charge on any atom is 0.313 e. The smallest absolute Gasteiger partial charge is 0.313 e. The van der Waals surface area contributed by atoms with E-state index in [9.17, 15) is 19.5 Å². The van der Waals surface area contributed by atoms with E-state index in [1.54, 1.807) is 31.2 Å². The first-order chi connectivity index (χ1) is 11.2. The molecule has 0 saturated carbocycles. The van der Waals surface area contributed by atoms with Crippen LogP contribution in [-0.2, 0) is 14.4 Å². The van der Waals surface area contributed by atoms with E-state index in [-0.39, 0.29) is 18.4 Å². The molecule has 0 radical (unpaired) electrons. The van der Waals surface area contributed by atoms with Gasteiger partial charge in [0, 0.05) is 24.8 Å². The average Bonchev–Trinajstić information content (AvgIpc) is 2.51. The number of rotatable bonds is 6. The highest BCUT2D eigenvalue weighted by Gasteiger charge is 2.28. The van der Waals surface area contributed by atoms with E-state index in [1.807, 2.05) is 13.8 Å². The monoisotopic (exact) mass is 335 g/mol. The zero-order valence-corrected chi connectivity index (χ0v) is 14.5. The number of anilines is 2. The van der Waals surface area contributed by atoms with Gasteiger partial charge in [-0.05, 0) is 31.0 Å². The van der Waals surface area contributed by atoms with Gasteiger partial charge < -0.3 is 21.1 Å². The summed E-state index contributed by atoms with van der Waals surface area (Å²) in [5.74, 6) is -1.92. The summed E-state index contributed by atoms with van der Waals surface area (Å²) in [4.78, 5) is 34.8. The Morgan fingerprint density at radius 3 is 2.29 bits per heavy atom. The fourth-order valence-corrected chi connectivity index (χ4v) is 2.02. The number of carbonyl (C=O) groups is 3. The molecule has 0 saturated heterocycles. The van der Waals surface area contributed by atoms with Gasteiger partial charge in [-0.25, -0.2) is 0 Å². The average molecular weight is 335 g/mol. The number of carbonyl (C=O) groups excluding carboxylic acids is 3. The molecule has 0 bridgehead atoms. The van der Waals surface area contributed by atoms with Crippen LogP contribution in [0.5, 0.6) is 0 Å². The van der Waals surface area contributed by atoms with Crippen molar-refractivity contribution in [1.29, 1.82) is 0 Å². The first-order valence-electron chi connectivity index (χ1n) is 7.85. The van der Waals surface area contributed by atoms with Gasteiger partial charge in [0.15, 0.2) is 0 Å². The van der Waals surface area contributed by atoms with Gasteiger partial charge in [-0.15, -0.1) is 0 Å². The molecule has 0 aliphatic heterocycles. The van der Waals surface area contributed by atoms with Crippen molar-refractivity contribution >= 4 is 29.1 Å². The molecule has 7 nitrogen and oxygen atoms in total. The van der Waals surface area contributed by atoms with Gasteiger partial charge in [0.05, 0.1) is 5.60 Å². The van der Waals surface area contributed by atoms with Crippen molar-refractivity contribution in [1.82, 2.24) is 5.32 Å². The van der Waals surface area contributed by atoms with E-state index < -0.39 is 17.4 Å². The van der Waals surface area contributed by atoms with Crippen molar-refractivity contribution in [3.8, 4) is 0 Å². The Morgan fingerprint density at radius 2 is 1.75 bits per heavy atom. The van der Waals surface area contributed by atoms with Gasteiger partial charge in [0.2, 0.25) is 5.91 Å². The van der Waals surface area contributed by atoms with Crippen LogP contribution < -0.4 is 16.0 Å². The van der Waals surface area contributed by atoms with Gasteiger partial charge in [0.1, 0.15) is 0 Å². The van der Waals surface area contributed by atoms with Crippen molar-refractivity contribution in [2.75, 3.05) is 17.2 Å². The molecule has 1 aromatic rings. The lowest BCUT2D eigenvalue weighted by Gasteiger charge is -2.29. The maximum absolute atomic E-state index is 11.9. The van der Waals surface area contributed by atoms with Crippen LogP contribution in [0.3, 0.4) is 0 Å². The van der Waals surface area contributed by atoms with E-state index in [4.69, 9.17) is 0 Å². The number of aliphatic hydroxyl groups is 1. The third-order valence-corrected chi connectivity index (χ3v) is 3.93. The number of nitrogens with one attached hydrogen (secondary N) is 3. The van der Waals surface area contributed by atoms with Crippen LogP contribution >= 0.6 is 0 Å². The van der Waals surface area contributed by atoms with Crippen molar-refractivity contribution in [2.24, 2.45) is 5.92 Å². The molecule has 132 valence electrons. The summed E-state index contributed by atoms with van der Waals surface area (Å²) >= 11 is 0. The summed E-state index contributed by atoms with van der Waals surface area (Å²) < 4.78 is 0. The highest BCUT2D eigenvalue weighted by molar-refractivity contribution is 6.39. The Balaban J connectivity index is 2.61. The van der Waals surface area contributed by atoms with E-state index in [2.05, 4.69) is 16.0 Å². The summed E-state index contributed by atoms with van der Waals surface area (Å²) in [6.07, 6.45) is 0.755. The molecule has 0 fully saturated rings. The minimum atomic E-state index is -1.09. The topological polar surface area (TPSA) is 108 Å². The van der Waals surface area contributed by atoms with Crippen LogP contribution in [-0.4, -0.2) is 35.0 Å². The summed E-state index contributed by atoms with van der Waals surface area (Å²) in [5, 5.41) is 17.7. The van der Waals surface area contributed by atoms with Gasteiger partial charge in [-0.2, -0.15) is 0 Å². The van der Waals surface area contributed by atoms with Crippen molar-refractivity contribution in [3.05, 3.63) is 24.3 Å². The lowest BCUT2D eigenvalue weighted by Crippen LogP contribution is -2.47. The second-order valence-electron chi connectivity index (χ2n) is 6.07. The number of amides is 3. The highest BCUT2D eigenvalue weighted by atomic mass is 16.3. The predicted molar refractivity (Wildman–Crippen MR) is 92.5 cm³/mol. The number of hydrogen-bond donors (Lipinski definition) is 4. The van der Waals surface area contributed by atoms with E-state index in [1.165, 1.54) is 6.92 Å². The van der Waals surface area contributed by atoms with Gasteiger partial charge in [-0.1, -0.05) is 26.3 Å². The fourth-order valence-electron chi connectivity index (χ4n) is 2.02. The van der Waals surface area contributed by atoms with Gasteiger partial charge >= 0.3 is 11.8 Å². The molecule has 0 spiro atoms. The molecule has 4 N–H and O–H groups in total. The van der Waals surface area contributed by atoms with Crippen molar-refractivity contribution < 1.29 is 19.5 Å². The summed E-state index contributed by atoms with van der Waals surface area (Å²) in [5.41, 5.74) is -0.189. The summed E-state index contributed by atoms with van der Waals surface area (Å²) in [7, 11) is 0. The van der Waals surface area contributed by atoms with Crippen LogP contribution in [0.2, 0.25) is 0 Å². The van der Waals surface area contributed by atoms with Gasteiger partial charge in [0.25, 0.3) is 0 Å². The normalized spacial score (nSPS) is 14.2. The molecule has 7 heteroatoms. The Morgan fingerprint density at radius 1 is 1.17 bits per heavy atom. The van der Waals surface area contributed by atoms with Gasteiger partial charge in [-0.3, -0.25) is 14.4 Å². The predicted octanol–water partition coefficient (Wildman–Crippen LogP) is 1.50. The molecule has 2 atom stereocenters. The summed E-state index contributed by atoms with van der Waals surface area (Å²) in [6.45, 7) is 6.80. The SMILES string of the molecule is CCC(C)C(C)(O)CNC(=O)C(=O)Nc1cccc(NC(C)=O)c1. The zero-order chi connectivity index (χ0) is 18.3. The molecule has 1 aromatic carbocycles. The maximum atomic E-state index is 11.9. The second-order valence-corrected chi connectivity index (χ2v) is 6.07. The van der Waals surface area contributed by atoms with Crippen LogP contribution in [0.15, 0.2) is 24.3 Å². The zero-order valence-electron chi connectivity index (χ0n) is 14.5. The molecular weight excluding hydrogens is 310 g/mol. The molecule has 24 heavy (non-hydrogen) atoms. The first-order valence-corrected chi connectivity index (χ1v) is 7.85. The minimum absolute atomic E-state index is 0.0137. The molecule has 0 aliphatic rings. The van der Waals surface area contributed by atoms with Crippen LogP contribution in [0.1, 0.15) is 34.1 Å². The highest BCUT2D eigenvalue weighted by Crippen LogP contribution is 2.19. The van der Waals surface area contributed by atoms with Crippen LogP contribution in [0.25, 0.3) is 0 Å². The summed E-state index contributed by atoms with van der Waals surface area (Å²) in [6, 6.07) is 6.46. The number of hydrogen-bond acceptors (Lipinski definition) is 4. The molecule has 0 heterocycles. The fraction of sp³-hybridized carbons (Fsp3) is 0.471. The standard InChI is InChI=1S/C17H25N3O4/c1-5-11(2)17(4,24)10-18-15(22)16(23)20-14-8-6-7-13(9-14)19-12(3)21/h6-9,11,24H,5,10H2,1-4H3,(H,18,22)(H,19,21)(H,20,23). The Hall–Kier alpha value is -2.41. The second kappa shape index (κ2) is 8.44. The minimum Gasteiger partial charge on any atom is -0.388 e. The molecule has 1 rings (SSSR count). The largest absolute Gasteiger partial charge is 0.388 e. The lowest BCUT2D eigenvalue weighted by molar-refractivity contribution is -0.137. The van der Waals surface area contributed by atoms with Crippen LogP contribution in [0, 0.1) is 5.92 Å². The van der Waals surface area contributed by atoms with E-state index >= 15 is 0 Å². The van der Waals surface area contributed by atoms with Crippen molar-refractivity contribution in [2.45, 2.75) is 39.7 Å². The van der Waals surface area contributed by atoms with E-state index in [0.29, 0.717) is 11.4 Å². The first kappa shape index (κ1) is 19.6. The van der Waals surface area contributed by atoms with E-state index in [0.717, 1.165) is 6.42 Å². The Kier molecular flexibility index (Phi) is 6.91. The van der Waals surface area contributed by atoms with Crippen molar-refractivity contribution in [3.63, 3.8) is 0 Å². The molecular formula is C17H25N3O4.